The number of halogens is 1. The third kappa shape index (κ3) is 6.10. The molecule has 1 aromatic heterocycles. The van der Waals surface area contributed by atoms with Crippen LogP contribution in [0, 0.1) is 5.92 Å². The summed E-state index contributed by atoms with van der Waals surface area (Å²) in [5, 5.41) is 21.5. The predicted molar refractivity (Wildman–Crippen MR) is 78.0 cm³/mol. The number of pyridine rings is 1. The number of carbonyl (C=O) groups excluding carboxylic acids is 1. The molecule has 3 N–H and O–H groups in total. The fourth-order valence-electron chi connectivity index (χ4n) is 1.78. The third-order valence-corrected chi connectivity index (χ3v) is 3.06. The Morgan fingerprint density at radius 3 is 2.52 bits per heavy atom. The Kier molecular flexibility index (Phi) is 6.58. The number of aliphatic carboxylic acids is 1. The molecule has 0 radical (unpaired) electrons. The summed E-state index contributed by atoms with van der Waals surface area (Å²) in [7, 11) is 0. The fourth-order valence-corrected chi connectivity index (χ4v) is 1.90. The number of carbonyl (C=O) groups is 2. The number of hydrogen-bond acceptors (Lipinski definition) is 4. The maximum atomic E-state index is 11.8. The summed E-state index contributed by atoms with van der Waals surface area (Å²) in [5.74, 6) is -1.72. The molecular weight excluding hydrogens is 296 g/mol. The highest BCUT2D eigenvalue weighted by Gasteiger charge is 2.24. The van der Waals surface area contributed by atoms with Gasteiger partial charge in [-0.25, -0.2) is 9.78 Å². The molecule has 2 atom stereocenters. The molecule has 21 heavy (non-hydrogen) atoms. The highest BCUT2D eigenvalue weighted by molar-refractivity contribution is 6.29. The minimum Gasteiger partial charge on any atom is -0.480 e. The van der Waals surface area contributed by atoms with Crippen molar-refractivity contribution in [3.8, 4) is 0 Å². The molecule has 6 nitrogen and oxygen atoms in total. The number of carboxylic acids is 1. The van der Waals surface area contributed by atoms with E-state index in [4.69, 9.17) is 16.7 Å². The lowest BCUT2D eigenvalue weighted by atomic mass is 10.0. The summed E-state index contributed by atoms with van der Waals surface area (Å²) in [5.41, 5.74) is 0.630. The van der Waals surface area contributed by atoms with Crippen molar-refractivity contribution in [3.63, 3.8) is 0 Å². The molecule has 1 rings (SSSR count). The lowest BCUT2D eigenvalue weighted by Gasteiger charge is -2.18. The van der Waals surface area contributed by atoms with Gasteiger partial charge < -0.3 is 15.5 Å². The lowest BCUT2D eigenvalue weighted by Crippen LogP contribution is -2.46. The summed E-state index contributed by atoms with van der Waals surface area (Å²) in [4.78, 5) is 26.8. The molecule has 0 aliphatic rings. The van der Waals surface area contributed by atoms with Crippen molar-refractivity contribution in [2.24, 2.45) is 5.92 Å². The maximum absolute atomic E-state index is 11.8. The molecule has 0 aliphatic heterocycles. The van der Waals surface area contributed by atoms with Crippen LogP contribution in [-0.4, -0.2) is 39.2 Å². The molecule has 0 aromatic carbocycles. The summed E-state index contributed by atoms with van der Waals surface area (Å²) in [6.45, 7) is 3.73. The van der Waals surface area contributed by atoms with Crippen LogP contribution >= 0.6 is 11.6 Å². The molecule has 7 heteroatoms. The van der Waals surface area contributed by atoms with Gasteiger partial charge in [-0.15, -0.1) is 0 Å². The number of hydrogen-bond donors (Lipinski definition) is 3. The highest BCUT2D eigenvalue weighted by Crippen LogP contribution is 2.09. The first kappa shape index (κ1) is 17.4. The van der Waals surface area contributed by atoms with Crippen LogP contribution < -0.4 is 5.32 Å². The van der Waals surface area contributed by atoms with Crippen molar-refractivity contribution in [1.82, 2.24) is 10.3 Å². The number of rotatable bonds is 7. The number of nitrogens with zero attached hydrogens (tertiary/aromatic N) is 1. The highest BCUT2D eigenvalue weighted by atomic mass is 35.5. The van der Waals surface area contributed by atoms with E-state index in [1.165, 1.54) is 6.20 Å². The predicted octanol–water partition coefficient (Wildman–Crippen LogP) is 1.25. The van der Waals surface area contributed by atoms with Crippen LogP contribution in [0.2, 0.25) is 5.15 Å². The summed E-state index contributed by atoms with van der Waals surface area (Å²) in [6.07, 6.45) is 0.588. The third-order valence-electron chi connectivity index (χ3n) is 2.84. The van der Waals surface area contributed by atoms with Gasteiger partial charge in [-0.3, -0.25) is 4.79 Å². The second kappa shape index (κ2) is 7.95. The van der Waals surface area contributed by atoms with Crippen molar-refractivity contribution in [2.45, 2.75) is 38.8 Å². The molecule has 0 bridgehead atoms. The van der Waals surface area contributed by atoms with Gasteiger partial charge in [0.05, 0.1) is 0 Å². The average molecular weight is 315 g/mol. The van der Waals surface area contributed by atoms with Crippen LogP contribution in [0.5, 0.6) is 0 Å². The molecule has 116 valence electrons. The van der Waals surface area contributed by atoms with Gasteiger partial charge in [0.25, 0.3) is 0 Å². The van der Waals surface area contributed by atoms with Crippen LogP contribution in [0.25, 0.3) is 0 Å². The number of nitrogens with one attached hydrogen (secondary N) is 1. The molecule has 0 aliphatic carbocycles. The van der Waals surface area contributed by atoms with Gasteiger partial charge in [0, 0.05) is 12.6 Å². The van der Waals surface area contributed by atoms with Gasteiger partial charge in [-0.2, -0.15) is 0 Å². The van der Waals surface area contributed by atoms with Crippen LogP contribution in [0.1, 0.15) is 25.8 Å². The Morgan fingerprint density at radius 2 is 2.05 bits per heavy atom. The van der Waals surface area contributed by atoms with E-state index >= 15 is 0 Å². The van der Waals surface area contributed by atoms with Gasteiger partial charge in [0.1, 0.15) is 17.3 Å². The Labute approximate surface area is 128 Å². The van der Waals surface area contributed by atoms with Gasteiger partial charge >= 0.3 is 5.97 Å². The zero-order valence-electron chi connectivity index (χ0n) is 11.9. The lowest BCUT2D eigenvalue weighted by molar-refractivity contribution is -0.143. The van der Waals surface area contributed by atoms with Crippen molar-refractivity contribution in [3.05, 3.63) is 29.0 Å². The van der Waals surface area contributed by atoms with E-state index in [1.807, 2.05) is 13.8 Å². The Balaban J connectivity index is 2.67. The van der Waals surface area contributed by atoms with Crippen LogP contribution in [0.4, 0.5) is 0 Å². The normalized spacial score (nSPS) is 13.8. The molecule has 1 amide bonds. The number of aliphatic hydroxyl groups is 1. The first-order valence-corrected chi connectivity index (χ1v) is 6.99. The summed E-state index contributed by atoms with van der Waals surface area (Å²) in [6, 6.07) is 2.06. The largest absolute Gasteiger partial charge is 0.480 e. The van der Waals surface area contributed by atoms with E-state index in [1.54, 1.807) is 12.1 Å². The van der Waals surface area contributed by atoms with E-state index in [0.29, 0.717) is 10.7 Å². The van der Waals surface area contributed by atoms with Gasteiger partial charge in [-0.1, -0.05) is 31.5 Å². The zero-order chi connectivity index (χ0) is 16.0. The monoisotopic (exact) mass is 314 g/mol. The smallest absolute Gasteiger partial charge is 0.326 e. The molecule has 0 saturated heterocycles. The molecule has 0 saturated carbocycles. The fraction of sp³-hybridized carbons (Fsp3) is 0.500. The molecule has 1 aromatic rings. The summed E-state index contributed by atoms with van der Waals surface area (Å²) < 4.78 is 0. The van der Waals surface area contributed by atoms with Crippen molar-refractivity contribution in [2.75, 3.05) is 0 Å². The van der Waals surface area contributed by atoms with E-state index in [-0.39, 0.29) is 18.8 Å². The first-order valence-electron chi connectivity index (χ1n) is 6.61. The second-order valence-corrected chi connectivity index (χ2v) is 5.63. The molecule has 0 spiro atoms. The Hall–Kier alpha value is -1.66. The van der Waals surface area contributed by atoms with Crippen molar-refractivity contribution in [1.29, 1.82) is 0 Å². The number of amides is 1. The molecule has 0 fully saturated rings. The number of aromatic nitrogens is 1. The van der Waals surface area contributed by atoms with E-state index in [2.05, 4.69) is 10.3 Å². The number of carboxylic acid groups (broad SMARTS) is 1. The van der Waals surface area contributed by atoms with E-state index in [0.717, 1.165) is 0 Å². The van der Waals surface area contributed by atoms with Crippen LogP contribution in [-0.2, 0) is 16.0 Å². The standard InChI is InChI=1S/C14H19ClN2O4/c1-8(2)5-11(18)13(19)17-10(14(20)21)6-9-3-4-12(15)16-7-9/h3-4,7-8,10-11,18H,5-6H2,1-2H3,(H,17,19)(H,20,21)/t10-,11+/m1/s1. The van der Waals surface area contributed by atoms with Crippen molar-refractivity contribution >= 4 is 23.5 Å². The topological polar surface area (TPSA) is 99.5 Å². The van der Waals surface area contributed by atoms with Crippen LogP contribution in [0.15, 0.2) is 18.3 Å². The van der Waals surface area contributed by atoms with E-state index in [9.17, 15) is 14.7 Å². The van der Waals surface area contributed by atoms with Crippen LogP contribution in [0.3, 0.4) is 0 Å². The Morgan fingerprint density at radius 1 is 1.38 bits per heavy atom. The Bertz CT molecular complexity index is 490. The maximum Gasteiger partial charge on any atom is 0.326 e. The second-order valence-electron chi connectivity index (χ2n) is 5.24. The quantitative estimate of drug-likeness (QED) is 0.658. The summed E-state index contributed by atoms with van der Waals surface area (Å²) >= 11 is 5.65. The zero-order valence-corrected chi connectivity index (χ0v) is 12.7. The minimum absolute atomic E-state index is 0.0691. The van der Waals surface area contributed by atoms with Gasteiger partial charge in [0.2, 0.25) is 5.91 Å². The molecule has 1 heterocycles. The van der Waals surface area contributed by atoms with Gasteiger partial charge in [-0.05, 0) is 24.0 Å². The first-order chi connectivity index (χ1) is 9.79. The minimum atomic E-state index is -1.21. The number of aliphatic hydroxyl groups excluding tert-OH is 1. The molecular formula is C14H19ClN2O4. The van der Waals surface area contributed by atoms with Crippen molar-refractivity contribution < 1.29 is 19.8 Å². The average Bonchev–Trinajstić information content (AvgIpc) is 2.39. The SMILES string of the molecule is CC(C)C[C@H](O)C(=O)N[C@H](Cc1ccc(Cl)nc1)C(=O)O. The molecule has 0 unspecified atom stereocenters. The van der Waals surface area contributed by atoms with E-state index < -0.39 is 24.0 Å². The van der Waals surface area contributed by atoms with Gasteiger partial charge in [0.15, 0.2) is 0 Å².